The van der Waals surface area contributed by atoms with Crippen LogP contribution in [-0.2, 0) is 0 Å². The third kappa shape index (κ3) is 2.40. The summed E-state index contributed by atoms with van der Waals surface area (Å²) in [5.74, 6) is 1.58. The zero-order chi connectivity index (χ0) is 14.1. The van der Waals surface area contributed by atoms with Crippen LogP contribution in [-0.4, -0.2) is 10.1 Å². The average molecular weight is 275 g/mol. The Morgan fingerprint density at radius 3 is 3.00 bits per heavy atom. The first-order valence-electron chi connectivity index (χ1n) is 7.03. The SMILES string of the molecule is CC1CCCC(c2noc(-c3cccc(F)c3N)n2)C1. The van der Waals surface area contributed by atoms with Crippen LogP contribution in [0, 0.1) is 11.7 Å². The number of nitrogen functional groups attached to an aromatic ring is 1. The fourth-order valence-electron chi connectivity index (χ4n) is 2.90. The molecule has 1 fully saturated rings. The van der Waals surface area contributed by atoms with E-state index in [1.165, 1.54) is 18.9 Å². The summed E-state index contributed by atoms with van der Waals surface area (Å²) in [6, 6.07) is 4.60. The van der Waals surface area contributed by atoms with E-state index in [1.807, 2.05) is 0 Å². The molecule has 1 aromatic carbocycles. The number of nitrogens with two attached hydrogens (primary N) is 1. The monoisotopic (exact) mass is 275 g/mol. The van der Waals surface area contributed by atoms with Crippen molar-refractivity contribution in [2.24, 2.45) is 5.92 Å². The largest absolute Gasteiger partial charge is 0.396 e. The Morgan fingerprint density at radius 1 is 1.35 bits per heavy atom. The summed E-state index contributed by atoms with van der Waals surface area (Å²) in [6.07, 6.45) is 4.62. The maximum atomic E-state index is 13.5. The Kier molecular flexibility index (Phi) is 3.42. The van der Waals surface area contributed by atoms with Crippen LogP contribution < -0.4 is 5.73 Å². The first-order valence-corrected chi connectivity index (χ1v) is 7.03. The Balaban J connectivity index is 1.88. The van der Waals surface area contributed by atoms with Crippen molar-refractivity contribution in [2.75, 3.05) is 5.73 Å². The highest BCUT2D eigenvalue weighted by molar-refractivity contribution is 5.70. The van der Waals surface area contributed by atoms with Crippen molar-refractivity contribution in [3.8, 4) is 11.5 Å². The van der Waals surface area contributed by atoms with Crippen LogP contribution >= 0.6 is 0 Å². The van der Waals surface area contributed by atoms with E-state index >= 15 is 0 Å². The van der Waals surface area contributed by atoms with Gasteiger partial charge in [-0.25, -0.2) is 4.39 Å². The van der Waals surface area contributed by atoms with E-state index in [4.69, 9.17) is 10.3 Å². The number of rotatable bonds is 2. The molecule has 5 heteroatoms. The lowest BCUT2D eigenvalue weighted by Gasteiger charge is -2.23. The third-order valence-corrected chi connectivity index (χ3v) is 4.03. The molecule has 0 amide bonds. The molecule has 2 N–H and O–H groups in total. The molecule has 4 nitrogen and oxygen atoms in total. The number of aromatic nitrogens is 2. The van der Waals surface area contributed by atoms with Gasteiger partial charge in [-0.2, -0.15) is 4.98 Å². The van der Waals surface area contributed by atoms with Crippen molar-refractivity contribution in [3.05, 3.63) is 29.8 Å². The Morgan fingerprint density at radius 2 is 2.20 bits per heavy atom. The molecule has 0 radical (unpaired) electrons. The highest BCUT2D eigenvalue weighted by Crippen LogP contribution is 2.36. The highest BCUT2D eigenvalue weighted by Gasteiger charge is 2.25. The zero-order valence-corrected chi connectivity index (χ0v) is 11.5. The normalized spacial score (nSPS) is 22.9. The molecule has 20 heavy (non-hydrogen) atoms. The topological polar surface area (TPSA) is 64.9 Å². The van der Waals surface area contributed by atoms with Crippen molar-refractivity contribution in [2.45, 2.75) is 38.5 Å². The standard InChI is InChI=1S/C15H18FN3O/c1-9-4-2-5-10(8-9)14-18-15(20-19-14)11-6-3-7-12(16)13(11)17/h3,6-7,9-10H,2,4-5,8,17H2,1H3. The van der Waals surface area contributed by atoms with Gasteiger partial charge in [0.2, 0.25) is 0 Å². The second kappa shape index (κ2) is 5.23. The van der Waals surface area contributed by atoms with Crippen LogP contribution in [0.1, 0.15) is 44.3 Å². The molecule has 0 spiro atoms. The second-order valence-corrected chi connectivity index (χ2v) is 5.63. The van der Waals surface area contributed by atoms with Gasteiger partial charge in [0.15, 0.2) is 5.82 Å². The molecule has 0 aliphatic heterocycles. The summed E-state index contributed by atoms with van der Waals surface area (Å²) < 4.78 is 18.7. The lowest BCUT2D eigenvalue weighted by Crippen LogP contribution is -2.12. The first-order chi connectivity index (χ1) is 9.65. The zero-order valence-electron chi connectivity index (χ0n) is 11.5. The minimum Gasteiger partial charge on any atom is -0.396 e. The molecular weight excluding hydrogens is 257 g/mol. The first kappa shape index (κ1) is 13.1. The summed E-state index contributed by atoms with van der Waals surface area (Å²) in [6.45, 7) is 2.25. The van der Waals surface area contributed by atoms with E-state index in [0.29, 0.717) is 23.3 Å². The molecule has 1 aliphatic carbocycles. The van der Waals surface area contributed by atoms with Gasteiger partial charge in [-0.15, -0.1) is 0 Å². The minimum absolute atomic E-state index is 0.0553. The lowest BCUT2D eigenvalue weighted by molar-refractivity contribution is 0.324. The Labute approximate surface area is 117 Å². The van der Waals surface area contributed by atoms with Crippen LogP contribution in [0.15, 0.2) is 22.7 Å². The van der Waals surface area contributed by atoms with Gasteiger partial charge in [0, 0.05) is 5.92 Å². The van der Waals surface area contributed by atoms with Crippen molar-refractivity contribution in [1.82, 2.24) is 10.1 Å². The molecule has 1 aromatic heterocycles. The maximum Gasteiger partial charge on any atom is 0.260 e. The average Bonchev–Trinajstić information content (AvgIpc) is 2.91. The van der Waals surface area contributed by atoms with Gasteiger partial charge < -0.3 is 10.3 Å². The van der Waals surface area contributed by atoms with Crippen molar-refractivity contribution in [3.63, 3.8) is 0 Å². The molecule has 1 aliphatic rings. The summed E-state index contributed by atoms with van der Waals surface area (Å²) >= 11 is 0. The van der Waals surface area contributed by atoms with Gasteiger partial charge in [-0.3, -0.25) is 0 Å². The smallest absolute Gasteiger partial charge is 0.260 e. The number of hydrogen-bond donors (Lipinski definition) is 1. The molecule has 2 unspecified atom stereocenters. The third-order valence-electron chi connectivity index (χ3n) is 4.03. The van der Waals surface area contributed by atoms with Crippen molar-refractivity contribution >= 4 is 5.69 Å². The number of hydrogen-bond acceptors (Lipinski definition) is 4. The second-order valence-electron chi connectivity index (χ2n) is 5.63. The predicted molar refractivity (Wildman–Crippen MR) is 74.5 cm³/mol. The number of anilines is 1. The predicted octanol–water partition coefficient (Wildman–Crippen LogP) is 3.75. The van der Waals surface area contributed by atoms with Crippen LogP contribution in [0.25, 0.3) is 11.5 Å². The Hall–Kier alpha value is -1.91. The van der Waals surface area contributed by atoms with Crippen LogP contribution in [0.2, 0.25) is 0 Å². The molecule has 106 valence electrons. The van der Waals surface area contributed by atoms with Crippen molar-refractivity contribution < 1.29 is 8.91 Å². The van der Waals surface area contributed by atoms with E-state index in [9.17, 15) is 4.39 Å². The number of benzene rings is 1. The molecule has 2 aromatic rings. The molecule has 1 heterocycles. The number of para-hydroxylation sites is 1. The van der Waals surface area contributed by atoms with E-state index in [1.54, 1.807) is 12.1 Å². The van der Waals surface area contributed by atoms with Crippen LogP contribution in [0.3, 0.4) is 0 Å². The number of halogens is 1. The Bertz CT molecular complexity index is 611. The molecule has 0 saturated heterocycles. The van der Waals surface area contributed by atoms with Gasteiger partial charge in [0.1, 0.15) is 5.82 Å². The highest BCUT2D eigenvalue weighted by atomic mass is 19.1. The minimum atomic E-state index is -0.464. The fourth-order valence-corrected chi connectivity index (χ4v) is 2.90. The summed E-state index contributed by atoms with van der Waals surface area (Å²) in [5, 5.41) is 4.06. The quantitative estimate of drug-likeness (QED) is 0.848. The summed E-state index contributed by atoms with van der Waals surface area (Å²) in [4.78, 5) is 4.42. The van der Waals surface area contributed by atoms with E-state index in [-0.39, 0.29) is 5.69 Å². The van der Waals surface area contributed by atoms with Crippen molar-refractivity contribution in [1.29, 1.82) is 0 Å². The van der Waals surface area contributed by atoms with Gasteiger partial charge in [-0.05, 0) is 30.9 Å². The van der Waals surface area contributed by atoms with Crippen LogP contribution in [0.5, 0.6) is 0 Å². The number of nitrogens with zero attached hydrogens (tertiary/aromatic N) is 2. The lowest BCUT2D eigenvalue weighted by atomic mass is 9.82. The van der Waals surface area contributed by atoms with Crippen LogP contribution in [0.4, 0.5) is 10.1 Å². The fraction of sp³-hybridized carbons (Fsp3) is 0.467. The van der Waals surface area contributed by atoms with Gasteiger partial charge in [0.25, 0.3) is 5.89 Å². The summed E-state index contributed by atoms with van der Waals surface area (Å²) in [7, 11) is 0. The van der Waals surface area contributed by atoms with E-state index in [0.717, 1.165) is 18.7 Å². The van der Waals surface area contributed by atoms with Gasteiger partial charge >= 0.3 is 0 Å². The molecule has 1 saturated carbocycles. The molecule has 2 atom stereocenters. The van der Waals surface area contributed by atoms with E-state index < -0.39 is 5.82 Å². The molecular formula is C15H18FN3O. The summed E-state index contributed by atoms with van der Waals surface area (Å²) in [5.41, 5.74) is 6.24. The van der Waals surface area contributed by atoms with E-state index in [2.05, 4.69) is 17.1 Å². The van der Waals surface area contributed by atoms with Gasteiger partial charge in [-0.1, -0.05) is 31.0 Å². The van der Waals surface area contributed by atoms with Gasteiger partial charge in [0.05, 0.1) is 11.3 Å². The molecule has 3 rings (SSSR count). The maximum absolute atomic E-state index is 13.5. The molecule has 0 bridgehead atoms.